The number of hydrogen-bond acceptors (Lipinski definition) is 3. The quantitative estimate of drug-likeness (QED) is 0.812. The summed E-state index contributed by atoms with van der Waals surface area (Å²) in [4.78, 5) is 0. The van der Waals surface area contributed by atoms with Crippen molar-refractivity contribution in [1.82, 2.24) is 0 Å². The van der Waals surface area contributed by atoms with Gasteiger partial charge in [-0.2, -0.15) is 14.0 Å². The SMILES string of the molecule is CN(c1ccccc1C#N)S(=O)(=O)C(F)F. The summed E-state index contributed by atoms with van der Waals surface area (Å²) in [5.41, 5.74) is -0.0421. The lowest BCUT2D eigenvalue weighted by Crippen LogP contribution is -2.32. The van der Waals surface area contributed by atoms with Gasteiger partial charge in [0.2, 0.25) is 0 Å². The largest absolute Gasteiger partial charge is 0.355 e. The van der Waals surface area contributed by atoms with Gasteiger partial charge in [0.05, 0.1) is 11.3 Å². The Hall–Kier alpha value is -1.68. The fraction of sp³-hybridized carbons (Fsp3) is 0.222. The molecule has 0 amide bonds. The number of alkyl halides is 2. The molecular formula is C9H8F2N2O2S. The van der Waals surface area contributed by atoms with Crippen molar-refractivity contribution in [3.05, 3.63) is 29.8 Å². The van der Waals surface area contributed by atoms with Crippen LogP contribution in [0.15, 0.2) is 24.3 Å². The second-order valence-electron chi connectivity index (χ2n) is 2.90. The first kappa shape index (κ1) is 12.4. The lowest BCUT2D eigenvalue weighted by Gasteiger charge is -2.19. The molecule has 7 heteroatoms. The Balaban J connectivity index is 3.27. The van der Waals surface area contributed by atoms with Crippen molar-refractivity contribution in [1.29, 1.82) is 5.26 Å². The van der Waals surface area contributed by atoms with Crippen LogP contribution < -0.4 is 4.31 Å². The molecule has 0 aliphatic rings. The molecular weight excluding hydrogens is 238 g/mol. The predicted molar refractivity (Wildman–Crippen MR) is 54.5 cm³/mol. The molecule has 0 radical (unpaired) electrons. The molecule has 0 heterocycles. The van der Waals surface area contributed by atoms with Crippen LogP contribution in [-0.4, -0.2) is 21.2 Å². The molecule has 0 aromatic heterocycles. The van der Waals surface area contributed by atoms with Crippen molar-refractivity contribution < 1.29 is 17.2 Å². The molecule has 0 N–H and O–H groups in total. The van der Waals surface area contributed by atoms with E-state index < -0.39 is 15.8 Å². The summed E-state index contributed by atoms with van der Waals surface area (Å²) in [5, 5.41) is 8.71. The monoisotopic (exact) mass is 246 g/mol. The zero-order valence-corrected chi connectivity index (χ0v) is 9.08. The minimum atomic E-state index is -4.71. The Bertz CT molecular complexity index is 523. The Labute approximate surface area is 91.8 Å². The van der Waals surface area contributed by atoms with Gasteiger partial charge < -0.3 is 0 Å². The summed E-state index contributed by atoms with van der Waals surface area (Å²) in [6, 6.07) is 7.37. The summed E-state index contributed by atoms with van der Waals surface area (Å²) in [6.07, 6.45) is 0. The molecule has 0 unspecified atom stereocenters. The number of benzene rings is 1. The maximum atomic E-state index is 12.3. The third-order valence-corrected chi connectivity index (χ3v) is 3.38. The van der Waals surface area contributed by atoms with Gasteiger partial charge >= 0.3 is 5.76 Å². The fourth-order valence-corrected chi connectivity index (χ4v) is 1.77. The molecule has 1 aromatic carbocycles. The standard InChI is InChI=1S/C9H8F2N2O2S/c1-13(16(14,15)9(10)11)8-5-3-2-4-7(8)6-12/h2-5,9H,1H3. The minimum absolute atomic E-state index is 0.0224. The van der Waals surface area contributed by atoms with Gasteiger partial charge in [-0.05, 0) is 12.1 Å². The highest BCUT2D eigenvalue weighted by molar-refractivity contribution is 7.93. The lowest BCUT2D eigenvalue weighted by molar-refractivity contribution is 0.234. The summed E-state index contributed by atoms with van der Waals surface area (Å²) in [5.74, 6) is -3.51. The molecule has 0 spiro atoms. The van der Waals surface area contributed by atoms with Gasteiger partial charge in [0.25, 0.3) is 10.0 Å². The molecule has 0 saturated heterocycles. The second kappa shape index (κ2) is 4.45. The van der Waals surface area contributed by atoms with Crippen LogP contribution in [0.25, 0.3) is 0 Å². The van der Waals surface area contributed by atoms with Crippen molar-refractivity contribution in [2.24, 2.45) is 0 Å². The zero-order chi connectivity index (χ0) is 12.3. The smallest absolute Gasteiger partial charge is 0.267 e. The van der Waals surface area contributed by atoms with E-state index in [1.807, 2.05) is 0 Å². The highest BCUT2D eigenvalue weighted by atomic mass is 32.2. The summed E-state index contributed by atoms with van der Waals surface area (Å²) < 4.78 is 47.3. The molecule has 0 aliphatic carbocycles. The van der Waals surface area contributed by atoms with E-state index in [1.165, 1.54) is 24.3 Å². The van der Waals surface area contributed by atoms with Crippen LogP contribution >= 0.6 is 0 Å². The summed E-state index contributed by atoms with van der Waals surface area (Å²) in [7, 11) is -3.73. The van der Waals surface area contributed by atoms with Crippen molar-refractivity contribution in [2.45, 2.75) is 5.76 Å². The molecule has 16 heavy (non-hydrogen) atoms. The third-order valence-electron chi connectivity index (χ3n) is 1.97. The first-order chi connectivity index (χ1) is 7.41. The van der Waals surface area contributed by atoms with E-state index >= 15 is 0 Å². The number of nitriles is 1. The Kier molecular flexibility index (Phi) is 3.44. The Morgan fingerprint density at radius 3 is 2.44 bits per heavy atom. The van der Waals surface area contributed by atoms with Crippen LogP contribution in [0.5, 0.6) is 0 Å². The van der Waals surface area contributed by atoms with E-state index in [-0.39, 0.29) is 11.3 Å². The van der Waals surface area contributed by atoms with E-state index in [1.54, 1.807) is 6.07 Å². The number of rotatable bonds is 3. The van der Waals surface area contributed by atoms with E-state index in [0.717, 1.165) is 7.05 Å². The molecule has 0 atom stereocenters. The van der Waals surface area contributed by atoms with Crippen LogP contribution in [0.4, 0.5) is 14.5 Å². The fourth-order valence-electron chi connectivity index (χ4n) is 1.10. The number of hydrogen-bond donors (Lipinski definition) is 0. The van der Waals surface area contributed by atoms with Gasteiger partial charge in [-0.1, -0.05) is 12.1 Å². The Morgan fingerprint density at radius 1 is 1.38 bits per heavy atom. The van der Waals surface area contributed by atoms with Gasteiger partial charge in [0.15, 0.2) is 0 Å². The molecule has 1 aromatic rings. The molecule has 0 aliphatic heterocycles. The maximum absolute atomic E-state index is 12.3. The molecule has 86 valence electrons. The molecule has 0 saturated carbocycles. The van der Waals surface area contributed by atoms with E-state index in [9.17, 15) is 17.2 Å². The normalized spacial score (nSPS) is 11.2. The molecule has 0 fully saturated rings. The third kappa shape index (κ3) is 2.12. The minimum Gasteiger partial charge on any atom is -0.267 e. The van der Waals surface area contributed by atoms with Gasteiger partial charge in [-0.25, -0.2) is 8.42 Å². The van der Waals surface area contributed by atoms with E-state index in [0.29, 0.717) is 4.31 Å². The highest BCUT2D eigenvalue weighted by Crippen LogP contribution is 2.23. The first-order valence-corrected chi connectivity index (χ1v) is 5.66. The average molecular weight is 246 g/mol. The van der Waals surface area contributed by atoms with Gasteiger partial charge in [0, 0.05) is 7.05 Å². The number of nitrogens with zero attached hydrogens (tertiary/aromatic N) is 2. The number of halogens is 2. The van der Waals surface area contributed by atoms with Gasteiger partial charge in [0.1, 0.15) is 6.07 Å². The zero-order valence-electron chi connectivity index (χ0n) is 8.26. The van der Waals surface area contributed by atoms with Crippen molar-refractivity contribution in [3.63, 3.8) is 0 Å². The molecule has 4 nitrogen and oxygen atoms in total. The second-order valence-corrected chi connectivity index (χ2v) is 4.84. The van der Waals surface area contributed by atoms with Crippen LogP contribution in [0.2, 0.25) is 0 Å². The van der Waals surface area contributed by atoms with Crippen LogP contribution in [0.1, 0.15) is 5.56 Å². The number of sulfonamides is 1. The van der Waals surface area contributed by atoms with Crippen molar-refractivity contribution >= 4 is 15.7 Å². The van der Waals surface area contributed by atoms with Crippen LogP contribution in [0, 0.1) is 11.3 Å². The summed E-state index contributed by atoms with van der Waals surface area (Å²) in [6.45, 7) is 0. The summed E-state index contributed by atoms with van der Waals surface area (Å²) >= 11 is 0. The number of para-hydroxylation sites is 1. The number of anilines is 1. The van der Waals surface area contributed by atoms with E-state index in [4.69, 9.17) is 5.26 Å². The maximum Gasteiger partial charge on any atom is 0.355 e. The lowest BCUT2D eigenvalue weighted by atomic mass is 10.2. The van der Waals surface area contributed by atoms with Crippen molar-refractivity contribution in [3.8, 4) is 6.07 Å². The van der Waals surface area contributed by atoms with E-state index in [2.05, 4.69) is 0 Å². The average Bonchev–Trinajstić information content (AvgIpc) is 2.27. The first-order valence-electron chi connectivity index (χ1n) is 4.16. The van der Waals surface area contributed by atoms with Crippen molar-refractivity contribution in [2.75, 3.05) is 11.4 Å². The Morgan fingerprint density at radius 2 is 1.94 bits per heavy atom. The molecule has 1 rings (SSSR count). The highest BCUT2D eigenvalue weighted by Gasteiger charge is 2.30. The van der Waals surface area contributed by atoms with Crippen LogP contribution in [-0.2, 0) is 10.0 Å². The van der Waals surface area contributed by atoms with Crippen LogP contribution in [0.3, 0.4) is 0 Å². The predicted octanol–water partition coefficient (Wildman–Crippen LogP) is 1.55. The topological polar surface area (TPSA) is 61.2 Å². The van der Waals surface area contributed by atoms with Gasteiger partial charge in [-0.3, -0.25) is 4.31 Å². The molecule has 0 bridgehead atoms. The van der Waals surface area contributed by atoms with Gasteiger partial charge in [-0.15, -0.1) is 0 Å².